The molecule has 0 aliphatic carbocycles. The Bertz CT molecular complexity index is 1520. The van der Waals surface area contributed by atoms with Gasteiger partial charge in [0.1, 0.15) is 17.0 Å². The van der Waals surface area contributed by atoms with Gasteiger partial charge in [0.15, 0.2) is 17.3 Å². The van der Waals surface area contributed by atoms with Gasteiger partial charge in [-0.1, -0.05) is 12.1 Å². The largest absolute Gasteiger partial charge is 0.493 e. The fourth-order valence-corrected chi connectivity index (χ4v) is 5.26. The molecular weight excluding hydrogens is 525 g/mol. The van der Waals surface area contributed by atoms with E-state index >= 15 is 0 Å². The third-order valence-corrected chi connectivity index (χ3v) is 7.01. The number of hydrogen-bond donors (Lipinski definition) is 3. The van der Waals surface area contributed by atoms with E-state index < -0.39 is 29.4 Å². The Morgan fingerprint density at radius 3 is 2.57 bits per heavy atom. The van der Waals surface area contributed by atoms with Gasteiger partial charge in [0.05, 0.1) is 40.8 Å². The van der Waals surface area contributed by atoms with Crippen molar-refractivity contribution >= 4 is 62.2 Å². The predicted molar refractivity (Wildman–Crippen MR) is 137 cm³/mol. The average Bonchev–Trinajstić information content (AvgIpc) is 3.46. The van der Waals surface area contributed by atoms with E-state index in [1.165, 1.54) is 18.6 Å². The molecule has 0 saturated carbocycles. The van der Waals surface area contributed by atoms with Gasteiger partial charge in [0.25, 0.3) is 0 Å². The zero-order chi connectivity index (χ0) is 26.7. The van der Waals surface area contributed by atoms with Crippen LogP contribution in [0.1, 0.15) is 30.6 Å². The number of methoxy groups -OCH3 is 2. The summed E-state index contributed by atoms with van der Waals surface area (Å²) in [7, 11) is 2.47. The van der Waals surface area contributed by atoms with Crippen LogP contribution in [-0.4, -0.2) is 42.3 Å². The van der Waals surface area contributed by atoms with Crippen LogP contribution in [0.15, 0.2) is 35.7 Å². The van der Waals surface area contributed by atoms with Crippen molar-refractivity contribution < 1.29 is 38.1 Å². The molecule has 4 rings (SSSR count). The van der Waals surface area contributed by atoms with Crippen molar-refractivity contribution in [2.45, 2.75) is 13.5 Å². The number of para-hydroxylation sites is 1. The van der Waals surface area contributed by atoms with E-state index in [9.17, 15) is 23.9 Å². The van der Waals surface area contributed by atoms with Crippen molar-refractivity contribution in [1.29, 1.82) is 0 Å². The number of aromatic carboxylic acids is 1. The predicted octanol–water partition coefficient (Wildman–Crippen LogP) is 5.52. The normalized spacial score (nSPS) is 10.7. The molecule has 2 aromatic heterocycles. The molecule has 4 aromatic rings. The number of carboxylic acid groups (broad SMARTS) is 1. The summed E-state index contributed by atoms with van der Waals surface area (Å²) in [4.78, 5) is 40.4. The number of urea groups is 1. The zero-order valence-corrected chi connectivity index (χ0v) is 21.3. The molecule has 0 aliphatic rings. The number of hydrogen-bond acceptors (Lipinski definition) is 9. The van der Waals surface area contributed by atoms with Gasteiger partial charge in [-0.05, 0) is 13.0 Å². The summed E-state index contributed by atoms with van der Waals surface area (Å²) in [5, 5.41) is 16.3. The molecule has 13 heteroatoms. The molecule has 0 fully saturated rings. The maximum atomic E-state index is 14.7. The molecule has 0 bridgehead atoms. The lowest BCUT2D eigenvalue weighted by molar-refractivity contribution is 0.0589. The number of thiazole rings is 1. The number of aryl methyl sites for hydroxylation is 1. The molecule has 0 saturated heterocycles. The summed E-state index contributed by atoms with van der Waals surface area (Å²) in [5.41, 5.74) is 0.808. The quantitative estimate of drug-likeness (QED) is 0.246. The van der Waals surface area contributed by atoms with Crippen molar-refractivity contribution in [3.63, 3.8) is 0 Å². The molecule has 0 radical (unpaired) electrons. The first-order valence-corrected chi connectivity index (χ1v) is 12.3. The number of amides is 2. The number of carboxylic acids is 1. The number of nitrogens with one attached hydrogen (secondary N) is 2. The van der Waals surface area contributed by atoms with E-state index in [0.29, 0.717) is 0 Å². The molecule has 10 nitrogen and oxygen atoms in total. The van der Waals surface area contributed by atoms with Crippen LogP contribution in [0.2, 0.25) is 0 Å². The molecule has 0 aliphatic heterocycles. The second-order valence-corrected chi connectivity index (χ2v) is 9.61. The van der Waals surface area contributed by atoms with Gasteiger partial charge in [0.2, 0.25) is 0 Å². The van der Waals surface area contributed by atoms with E-state index in [1.54, 1.807) is 11.3 Å². The van der Waals surface area contributed by atoms with Crippen LogP contribution in [0.4, 0.5) is 20.6 Å². The number of fused-ring (bicyclic) bond motifs is 1. The van der Waals surface area contributed by atoms with Crippen molar-refractivity contribution in [2.75, 3.05) is 24.9 Å². The molecule has 2 heterocycles. The van der Waals surface area contributed by atoms with Gasteiger partial charge >= 0.3 is 18.0 Å². The number of halogens is 1. The number of anilines is 2. The molecule has 0 unspecified atom stereocenters. The summed E-state index contributed by atoms with van der Waals surface area (Å²) in [6.07, 6.45) is 0. The maximum absolute atomic E-state index is 14.7. The van der Waals surface area contributed by atoms with E-state index in [2.05, 4.69) is 20.4 Å². The molecule has 2 amide bonds. The number of benzene rings is 2. The van der Waals surface area contributed by atoms with Crippen molar-refractivity contribution in [1.82, 2.24) is 4.98 Å². The van der Waals surface area contributed by atoms with E-state index in [-0.39, 0.29) is 34.4 Å². The van der Waals surface area contributed by atoms with E-state index in [1.807, 2.05) is 25.1 Å². The number of ether oxygens (including phenoxy) is 3. The molecule has 37 heavy (non-hydrogen) atoms. The number of aromatic nitrogens is 1. The van der Waals surface area contributed by atoms with Gasteiger partial charge in [-0.3, -0.25) is 0 Å². The fourth-order valence-electron chi connectivity index (χ4n) is 3.47. The number of nitrogens with zero attached hydrogens (tertiary/aromatic N) is 1. The molecule has 192 valence electrons. The minimum atomic E-state index is -1.44. The molecule has 3 N–H and O–H groups in total. The lowest BCUT2D eigenvalue weighted by Crippen LogP contribution is -2.21. The highest BCUT2D eigenvalue weighted by atomic mass is 32.1. The number of rotatable bonds is 8. The highest BCUT2D eigenvalue weighted by molar-refractivity contribution is 7.18. The molecule has 2 aromatic carbocycles. The Morgan fingerprint density at radius 1 is 1.11 bits per heavy atom. The highest BCUT2D eigenvalue weighted by Crippen LogP contribution is 2.35. The van der Waals surface area contributed by atoms with Gasteiger partial charge in [-0.2, -0.15) is 0 Å². The van der Waals surface area contributed by atoms with Crippen molar-refractivity contribution in [2.24, 2.45) is 0 Å². The van der Waals surface area contributed by atoms with Crippen LogP contribution in [0.3, 0.4) is 0 Å². The van der Waals surface area contributed by atoms with Gasteiger partial charge in [-0.25, -0.2) is 23.8 Å². The third-order valence-electron chi connectivity index (χ3n) is 5.12. The van der Waals surface area contributed by atoms with Gasteiger partial charge in [0, 0.05) is 23.1 Å². The fraction of sp³-hybridized carbons (Fsp3) is 0.167. The summed E-state index contributed by atoms with van der Waals surface area (Å²) < 4.78 is 31.4. The number of carbonyl (C=O) groups is 3. The average molecular weight is 546 g/mol. The summed E-state index contributed by atoms with van der Waals surface area (Å²) in [6, 6.07) is 7.09. The summed E-state index contributed by atoms with van der Waals surface area (Å²) >= 11 is 2.35. The SMILES string of the molecule is COC(=O)c1scc(NC(=O)Nc2cc(OCc3cccc4sc(C)nc34)c(OC)cc2F)c1C(=O)O. The first kappa shape index (κ1) is 25.9. The minimum Gasteiger partial charge on any atom is -0.493 e. The maximum Gasteiger partial charge on any atom is 0.349 e. The summed E-state index contributed by atoms with van der Waals surface area (Å²) in [5.74, 6) is -2.83. The van der Waals surface area contributed by atoms with E-state index in [4.69, 9.17) is 9.47 Å². The number of carbonyl (C=O) groups excluding carboxylic acids is 2. The Kier molecular flexibility index (Phi) is 7.55. The number of esters is 1. The second kappa shape index (κ2) is 10.8. The monoisotopic (exact) mass is 545 g/mol. The first-order valence-electron chi connectivity index (χ1n) is 10.6. The van der Waals surface area contributed by atoms with Crippen molar-refractivity contribution in [3.8, 4) is 11.5 Å². The Balaban J connectivity index is 1.54. The first-order chi connectivity index (χ1) is 17.7. The van der Waals surface area contributed by atoms with Crippen LogP contribution < -0.4 is 20.1 Å². The lowest BCUT2D eigenvalue weighted by Gasteiger charge is -2.14. The van der Waals surface area contributed by atoms with Crippen molar-refractivity contribution in [3.05, 3.63) is 62.5 Å². The van der Waals surface area contributed by atoms with Crippen LogP contribution in [0.5, 0.6) is 11.5 Å². The molecule has 0 atom stereocenters. The molecule has 0 spiro atoms. The Hall–Kier alpha value is -4.23. The Morgan fingerprint density at radius 2 is 1.86 bits per heavy atom. The topological polar surface area (TPSA) is 136 Å². The Labute approximate surface area is 217 Å². The second-order valence-electron chi connectivity index (χ2n) is 7.50. The third kappa shape index (κ3) is 5.47. The van der Waals surface area contributed by atoms with Crippen LogP contribution >= 0.6 is 22.7 Å². The lowest BCUT2D eigenvalue weighted by atomic mass is 10.2. The molecular formula is C24H20FN3O7S2. The smallest absolute Gasteiger partial charge is 0.349 e. The number of thiophene rings is 1. The van der Waals surface area contributed by atoms with Crippen LogP contribution in [-0.2, 0) is 11.3 Å². The van der Waals surface area contributed by atoms with Crippen LogP contribution in [0.25, 0.3) is 10.2 Å². The van der Waals surface area contributed by atoms with Gasteiger partial charge < -0.3 is 30.0 Å². The standard InChI is InChI=1S/C24H20FN3O7S2/c1-11-26-20-12(5-4-6-18(20)37-11)9-35-17-8-14(13(25)7-16(17)33-2)27-24(32)28-15-10-36-21(23(31)34-3)19(15)22(29)30/h4-8,10H,9H2,1-3H3,(H,29,30)(H2,27,28,32). The van der Waals surface area contributed by atoms with Gasteiger partial charge in [-0.15, -0.1) is 22.7 Å². The zero-order valence-electron chi connectivity index (χ0n) is 19.7. The highest BCUT2D eigenvalue weighted by Gasteiger charge is 2.25. The minimum absolute atomic E-state index is 0.110. The van der Waals surface area contributed by atoms with E-state index in [0.717, 1.165) is 45.3 Å². The summed E-state index contributed by atoms with van der Waals surface area (Å²) in [6.45, 7) is 2.02. The van der Waals surface area contributed by atoms with Crippen LogP contribution in [0, 0.1) is 12.7 Å².